The second-order valence-corrected chi connectivity index (χ2v) is 8.24. The molecule has 0 bridgehead atoms. The van der Waals surface area contributed by atoms with E-state index in [4.69, 9.17) is 0 Å². The third-order valence-electron chi connectivity index (χ3n) is 3.23. The first kappa shape index (κ1) is 16.0. The summed E-state index contributed by atoms with van der Waals surface area (Å²) in [4.78, 5) is 1.23. The largest absolute Gasteiger partial charge is 0.508 e. The molecule has 2 heteroatoms. The predicted octanol–water partition coefficient (Wildman–Crippen LogP) is 5.46. The molecule has 2 rings (SSSR count). The lowest BCUT2D eigenvalue weighted by Gasteiger charge is -2.18. The maximum absolute atomic E-state index is 10.0. The van der Waals surface area contributed by atoms with Crippen molar-refractivity contribution in [3.05, 3.63) is 59.7 Å². The monoisotopic (exact) mass is 300 g/mol. The van der Waals surface area contributed by atoms with Gasteiger partial charge in [-0.05, 0) is 48.6 Å². The van der Waals surface area contributed by atoms with Gasteiger partial charge in [0.1, 0.15) is 5.75 Å². The van der Waals surface area contributed by atoms with Crippen molar-refractivity contribution in [2.24, 2.45) is 0 Å². The molecule has 0 aliphatic heterocycles. The van der Waals surface area contributed by atoms with Crippen molar-refractivity contribution in [1.82, 2.24) is 0 Å². The number of thioether (sulfide) groups is 1. The Balaban J connectivity index is 1.97. The molecular weight excluding hydrogens is 276 g/mol. The van der Waals surface area contributed by atoms with E-state index in [-0.39, 0.29) is 4.75 Å². The quantitative estimate of drug-likeness (QED) is 0.740. The molecule has 0 unspecified atom stereocenters. The fraction of sp³-hybridized carbons (Fsp3) is 0.368. The summed E-state index contributed by atoms with van der Waals surface area (Å²) in [6, 6.07) is 16.5. The number of benzene rings is 2. The van der Waals surface area contributed by atoms with Gasteiger partial charge in [0.2, 0.25) is 0 Å². The first-order valence-corrected chi connectivity index (χ1v) is 8.30. The van der Waals surface area contributed by atoms with Gasteiger partial charge in [-0.3, -0.25) is 0 Å². The molecule has 0 fully saturated rings. The van der Waals surface area contributed by atoms with Crippen LogP contribution in [0.15, 0.2) is 53.4 Å². The van der Waals surface area contributed by atoms with Gasteiger partial charge in [-0.15, -0.1) is 11.8 Å². The zero-order valence-electron chi connectivity index (χ0n) is 13.1. The van der Waals surface area contributed by atoms with E-state index in [2.05, 4.69) is 51.1 Å². The molecule has 1 N–H and O–H groups in total. The molecular formula is C19H24OS. The molecule has 0 aliphatic rings. The topological polar surface area (TPSA) is 20.2 Å². The number of hydrogen-bond acceptors (Lipinski definition) is 2. The van der Waals surface area contributed by atoms with Crippen molar-refractivity contribution in [2.75, 3.05) is 0 Å². The molecule has 2 aromatic rings. The minimum absolute atomic E-state index is 0.193. The van der Waals surface area contributed by atoms with E-state index in [1.165, 1.54) is 10.5 Å². The zero-order chi connectivity index (χ0) is 15.3. The molecule has 0 amide bonds. The van der Waals surface area contributed by atoms with Crippen molar-refractivity contribution in [3.63, 3.8) is 0 Å². The zero-order valence-corrected chi connectivity index (χ0v) is 13.9. The molecule has 2 aromatic carbocycles. The molecule has 0 saturated carbocycles. The highest BCUT2D eigenvalue weighted by molar-refractivity contribution is 8.00. The van der Waals surface area contributed by atoms with Gasteiger partial charge in [-0.25, -0.2) is 0 Å². The third kappa shape index (κ3) is 5.47. The molecule has 0 radical (unpaired) electrons. The van der Waals surface area contributed by atoms with Crippen LogP contribution in [0.3, 0.4) is 0 Å². The highest BCUT2D eigenvalue weighted by Crippen LogP contribution is 2.34. The van der Waals surface area contributed by atoms with Crippen molar-refractivity contribution >= 4 is 11.8 Å². The molecule has 112 valence electrons. The Labute approximate surface area is 132 Å². The first-order valence-electron chi connectivity index (χ1n) is 7.49. The SMILES string of the molecule is CC(C)(C)Sc1ccc(O)c(CCCc2ccccc2)c1. The Kier molecular flexibility index (Phi) is 5.35. The molecule has 0 saturated heterocycles. The molecule has 1 nitrogen and oxygen atoms in total. The summed E-state index contributed by atoms with van der Waals surface area (Å²) in [6.45, 7) is 6.62. The number of aromatic hydroxyl groups is 1. The Hall–Kier alpha value is -1.41. The van der Waals surface area contributed by atoms with Gasteiger partial charge in [0.25, 0.3) is 0 Å². The Morgan fingerprint density at radius 1 is 0.952 bits per heavy atom. The summed E-state index contributed by atoms with van der Waals surface area (Å²) in [5.41, 5.74) is 2.41. The van der Waals surface area contributed by atoms with Gasteiger partial charge in [0, 0.05) is 9.64 Å². The highest BCUT2D eigenvalue weighted by Gasteiger charge is 2.13. The summed E-state index contributed by atoms with van der Waals surface area (Å²) >= 11 is 1.84. The fourth-order valence-corrected chi connectivity index (χ4v) is 3.35. The van der Waals surface area contributed by atoms with Gasteiger partial charge in [-0.1, -0.05) is 51.1 Å². The van der Waals surface area contributed by atoms with E-state index in [1.807, 2.05) is 30.0 Å². The normalized spacial score (nSPS) is 11.6. The summed E-state index contributed by atoms with van der Waals surface area (Å²) in [5, 5.41) is 10.0. The van der Waals surface area contributed by atoms with E-state index < -0.39 is 0 Å². The Morgan fingerprint density at radius 3 is 2.33 bits per heavy atom. The number of phenols is 1. The molecule has 0 aromatic heterocycles. The average Bonchev–Trinajstić information content (AvgIpc) is 2.42. The third-order valence-corrected chi connectivity index (χ3v) is 4.33. The van der Waals surface area contributed by atoms with Crippen LogP contribution >= 0.6 is 11.8 Å². The number of hydrogen-bond donors (Lipinski definition) is 1. The minimum Gasteiger partial charge on any atom is -0.508 e. The van der Waals surface area contributed by atoms with E-state index in [0.29, 0.717) is 5.75 Å². The van der Waals surface area contributed by atoms with Gasteiger partial charge >= 0.3 is 0 Å². The second-order valence-electron chi connectivity index (χ2n) is 6.34. The van der Waals surface area contributed by atoms with Crippen molar-refractivity contribution in [1.29, 1.82) is 0 Å². The summed E-state index contributed by atoms with van der Waals surface area (Å²) in [5.74, 6) is 0.418. The molecule has 0 aliphatic carbocycles. The summed E-state index contributed by atoms with van der Waals surface area (Å²) in [6.07, 6.45) is 3.03. The maximum atomic E-state index is 10.0. The van der Waals surface area contributed by atoms with E-state index in [9.17, 15) is 5.11 Å². The Morgan fingerprint density at radius 2 is 1.67 bits per heavy atom. The van der Waals surface area contributed by atoms with Crippen LogP contribution in [0.4, 0.5) is 0 Å². The molecule has 0 spiro atoms. The van der Waals surface area contributed by atoms with Crippen molar-refractivity contribution in [2.45, 2.75) is 49.7 Å². The smallest absolute Gasteiger partial charge is 0.118 e. The average molecular weight is 300 g/mol. The number of phenolic OH excluding ortho intramolecular Hbond substituents is 1. The summed E-state index contributed by atoms with van der Waals surface area (Å²) in [7, 11) is 0. The van der Waals surface area contributed by atoms with Gasteiger partial charge in [0.15, 0.2) is 0 Å². The molecule has 0 heterocycles. The van der Waals surface area contributed by atoms with Crippen molar-refractivity contribution in [3.8, 4) is 5.75 Å². The van der Waals surface area contributed by atoms with Crippen LogP contribution in [-0.2, 0) is 12.8 Å². The van der Waals surface area contributed by atoms with E-state index >= 15 is 0 Å². The maximum Gasteiger partial charge on any atom is 0.118 e. The van der Waals surface area contributed by atoms with E-state index in [0.717, 1.165) is 24.8 Å². The first-order chi connectivity index (χ1) is 9.94. The number of rotatable bonds is 5. The molecule has 0 atom stereocenters. The lowest BCUT2D eigenvalue weighted by molar-refractivity contribution is 0.466. The number of aryl methyl sites for hydroxylation is 2. The van der Waals surface area contributed by atoms with Crippen LogP contribution in [0.1, 0.15) is 38.3 Å². The minimum atomic E-state index is 0.193. The van der Waals surface area contributed by atoms with Crippen LogP contribution in [0.25, 0.3) is 0 Å². The predicted molar refractivity (Wildman–Crippen MR) is 92.2 cm³/mol. The van der Waals surface area contributed by atoms with Crippen LogP contribution in [0.5, 0.6) is 5.75 Å². The van der Waals surface area contributed by atoms with Crippen molar-refractivity contribution < 1.29 is 5.11 Å². The van der Waals surface area contributed by atoms with Crippen LogP contribution in [-0.4, -0.2) is 9.85 Å². The van der Waals surface area contributed by atoms with Crippen LogP contribution < -0.4 is 0 Å². The van der Waals surface area contributed by atoms with Gasteiger partial charge in [0.05, 0.1) is 0 Å². The van der Waals surface area contributed by atoms with Crippen LogP contribution in [0.2, 0.25) is 0 Å². The van der Waals surface area contributed by atoms with E-state index in [1.54, 1.807) is 0 Å². The Bertz CT molecular complexity index is 570. The standard InChI is InChI=1S/C19H24OS/c1-19(2,3)21-17-12-13-18(20)16(14-17)11-7-10-15-8-5-4-6-9-15/h4-6,8-9,12-14,20H,7,10-11H2,1-3H3. The summed E-state index contributed by atoms with van der Waals surface area (Å²) < 4.78 is 0.193. The lowest BCUT2D eigenvalue weighted by Crippen LogP contribution is -2.06. The molecule has 21 heavy (non-hydrogen) atoms. The highest BCUT2D eigenvalue weighted by atomic mass is 32.2. The van der Waals surface area contributed by atoms with Gasteiger partial charge < -0.3 is 5.11 Å². The fourth-order valence-electron chi connectivity index (χ4n) is 2.31. The lowest BCUT2D eigenvalue weighted by atomic mass is 10.0. The van der Waals surface area contributed by atoms with Crippen LogP contribution in [0, 0.1) is 0 Å². The van der Waals surface area contributed by atoms with Gasteiger partial charge in [-0.2, -0.15) is 0 Å². The second kappa shape index (κ2) is 7.04.